The lowest BCUT2D eigenvalue weighted by atomic mass is 9.92. The first-order valence-corrected chi connectivity index (χ1v) is 7.85. The summed E-state index contributed by atoms with van der Waals surface area (Å²) in [4.78, 5) is 24.9. The van der Waals surface area contributed by atoms with Crippen molar-refractivity contribution in [3.63, 3.8) is 0 Å². The van der Waals surface area contributed by atoms with Gasteiger partial charge in [-0.3, -0.25) is 14.8 Å². The number of hydroxylamine groups is 2. The monoisotopic (exact) mass is 369 g/mol. The van der Waals surface area contributed by atoms with Crippen molar-refractivity contribution in [2.45, 2.75) is 0 Å². The van der Waals surface area contributed by atoms with Crippen LogP contribution in [0.4, 0.5) is 13.2 Å². The summed E-state index contributed by atoms with van der Waals surface area (Å²) >= 11 is 0. The van der Waals surface area contributed by atoms with Crippen LogP contribution in [0.1, 0.15) is 11.1 Å². The smallest absolute Gasteiger partial charge is 0.278 e. The lowest BCUT2D eigenvalue weighted by molar-refractivity contribution is -0.168. The van der Waals surface area contributed by atoms with Crippen LogP contribution in [0, 0.1) is 17.5 Å². The van der Waals surface area contributed by atoms with Gasteiger partial charge in [0.1, 0.15) is 17.5 Å². The van der Waals surface area contributed by atoms with E-state index in [0.717, 1.165) is 5.39 Å². The maximum absolute atomic E-state index is 14.3. The van der Waals surface area contributed by atoms with Crippen LogP contribution in [0.25, 0.3) is 21.9 Å². The minimum absolute atomic E-state index is 0.200. The van der Waals surface area contributed by atoms with E-state index in [2.05, 4.69) is 0 Å². The van der Waals surface area contributed by atoms with E-state index in [0.29, 0.717) is 17.5 Å². The zero-order chi connectivity index (χ0) is 19.3. The number of carbonyl (C=O) groups excluding carboxylic acids is 2. The molecule has 7 heteroatoms. The summed E-state index contributed by atoms with van der Waals surface area (Å²) in [6, 6.07) is 12.6. The van der Waals surface area contributed by atoms with Crippen LogP contribution in [0.5, 0.6) is 0 Å². The Bertz CT molecular complexity index is 1140. The molecular weight excluding hydrogens is 359 g/mol. The van der Waals surface area contributed by atoms with Crippen molar-refractivity contribution in [3.05, 3.63) is 83.2 Å². The highest BCUT2D eigenvalue weighted by Crippen LogP contribution is 2.39. The van der Waals surface area contributed by atoms with Gasteiger partial charge in [-0.05, 0) is 16.3 Å². The van der Waals surface area contributed by atoms with Crippen LogP contribution in [-0.2, 0) is 9.59 Å². The molecule has 0 atom stereocenters. The molecule has 0 fully saturated rings. The van der Waals surface area contributed by atoms with Gasteiger partial charge in [0.2, 0.25) is 0 Å². The largest absolute Gasteiger partial charge is 0.286 e. The number of carbonyl (C=O) groups is 2. The summed E-state index contributed by atoms with van der Waals surface area (Å²) in [6.07, 6.45) is 0. The highest BCUT2D eigenvalue weighted by Gasteiger charge is 2.41. The second-order valence-electron chi connectivity index (χ2n) is 5.94. The minimum Gasteiger partial charge on any atom is -0.278 e. The van der Waals surface area contributed by atoms with E-state index in [4.69, 9.17) is 0 Å². The van der Waals surface area contributed by atoms with Gasteiger partial charge in [-0.15, -0.1) is 5.06 Å². The SMILES string of the molecule is O=C1C(c2c(F)cc(F)cc2F)=C(c2cccc3ccccc23)C(=O)N1O. The number of hydrogen-bond acceptors (Lipinski definition) is 3. The number of imide groups is 1. The van der Waals surface area contributed by atoms with Crippen LogP contribution in [0.15, 0.2) is 54.6 Å². The summed E-state index contributed by atoms with van der Waals surface area (Å²) < 4.78 is 41.9. The average Bonchev–Trinajstić information content (AvgIpc) is 2.85. The van der Waals surface area contributed by atoms with Crippen LogP contribution < -0.4 is 0 Å². The first-order valence-electron chi connectivity index (χ1n) is 7.85. The zero-order valence-electron chi connectivity index (χ0n) is 13.5. The molecule has 0 unspecified atom stereocenters. The van der Waals surface area contributed by atoms with Gasteiger partial charge in [-0.2, -0.15) is 0 Å². The van der Waals surface area contributed by atoms with Crippen LogP contribution >= 0.6 is 0 Å². The molecule has 4 nitrogen and oxygen atoms in total. The van der Waals surface area contributed by atoms with Crippen molar-refractivity contribution in [1.29, 1.82) is 0 Å². The number of amides is 2. The molecule has 0 saturated carbocycles. The maximum atomic E-state index is 14.3. The Hall–Kier alpha value is -3.45. The van der Waals surface area contributed by atoms with E-state index in [1.807, 2.05) is 0 Å². The van der Waals surface area contributed by atoms with E-state index in [1.54, 1.807) is 36.4 Å². The molecule has 0 saturated heterocycles. The molecule has 0 bridgehead atoms. The highest BCUT2D eigenvalue weighted by atomic mass is 19.1. The summed E-state index contributed by atoms with van der Waals surface area (Å²) in [6.45, 7) is 0. The Kier molecular flexibility index (Phi) is 3.82. The minimum atomic E-state index is -1.35. The second kappa shape index (κ2) is 6.07. The molecule has 134 valence electrons. The summed E-state index contributed by atoms with van der Waals surface area (Å²) in [5.74, 6) is -6.27. The second-order valence-corrected chi connectivity index (χ2v) is 5.94. The molecule has 0 radical (unpaired) electrons. The van der Waals surface area contributed by atoms with E-state index >= 15 is 0 Å². The number of nitrogens with zero attached hydrogens (tertiary/aromatic N) is 1. The van der Waals surface area contributed by atoms with Crippen molar-refractivity contribution in [1.82, 2.24) is 5.06 Å². The molecule has 0 aliphatic carbocycles. The van der Waals surface area contributed by atoms with Gasteiger partial charge in [0.25, 0.3) is 11.8 Å². The van der Waals surface area contributed by atoms with Crippen LogP contribution in [0.3, 0.4) is 0 Å². The quantitative estimate of drug-likeness (QED) is 0.550. The van der Waals surface area contributed by atoms with Crippen molar-refractivity contribution < 1.29 is 28.0 Å². The van der Waals surface area contributed by atoms with Crippen molar-refractivity contribution in [2.75, 3.05) is 0 Å². The fraction of sp³-hybridized carbons (Fsp3) is 0. The van der Waals surface area contributed by atoms with Crippen molar-refractivity contribution >= 4 is 33.7 Å². The van der Waals surface area contributed by atoms with E-state index in [-0.39, 0.29) is 16.2 Å². The van der Waals surface area contributed by atoms with Crippen molar-refractivity contribution in [3.8, 4) is 0 Å². The van der Waals surface area contributed by atoms with Gasteiger partial charge in [-0.1, -0.05) is 42.5 Å². The first-order chi connectivity index (χ1) is 12.9. The first kappa shape index (κ1) is 17.0. The topological polar surface area (TPSA) is 57.6 Å². The fourth-order valence-corrected chi connectivity index (χ4v) is 3.22. The third-order valence-corrected chi connectivity index (χ3v) is 4.38. The van der Waals surface area contributed by atoms with Crippen LogP contribution in [-0.4, -0.2) is 22.1 Å². The molecule has 27 heavy (non-hydrogen) atoms. The highest BCUT2D eigenvalue weighted by molar-refractivity contribution is 6.49. The normalized spacial score (nSPS) is 14.6. The maximum Gasteiger partial charge on any atom is 0.286 e. The van der Waals surface area contributed by atoms with Gasteiger partial charge < -0.3 is 0 Å². The molecule has 1 N–H and O–H groups in total. The third-order valence-electron chi connectivity index (χ3n) is 4.38. The molecule has 2 amide bonds. The van der Waals surface area contributed by atoms with Gasteiger partial charge in [0, 0.05) is 12.1 Å². The van der Waals surface area contributed by atoms with Gasteiger partial charge >= 0.3 is 0 Å². The Morgan fingerprint density at radius 2 is 1.37 bits per heavy atom. The Morgan fingerprint density at radius 1 is 0.778 bits per heavy atom. The predicted molar refractivity (Wildman–Crippen MR) is 90.7 cm³/mol. The third kappa shape index (κ3) is 2.51. The Morgan fingerprint density at radius 3 is 2.07 bits per heavy atom. The Labute approximate surface area is 150 Å². The molecule has 1 aliphatic heterocycles. The molecule has 1 aliphatic rings. The van der Waals surface area contributed by atoms with Gasteiger partial charge in [0.15, 0.2) is 0 Å². The summed E-state index contributed by atoms with van der Waals surface area (Å²) in [7, 11) is 0. The predicted octanol–water partition coefficient (Wildman–Crippen LogP) is 3.93. The number of benzene rings is 3. The zero-order valence-corrected chi connectivity index (χ0v) is 13.5. The summed E-state index contributed by atoms with van der Waals surface area (Å²) in [5.41, 5.74) is -1.66. The van der Waals surface area contributed by atoms with Crippen LogP contribution in [0.2, 0.25) is 0 Å². The number of hydrogen-bond donors (Lipinski definition) is 1. The molecule has 3 aromatic carbocycles. The average molecular weight is 369 g/mol. The lowest BCUT2D eigenvalue weighted by Crippen LogP contribution is -2.27. The van der Waals surface area contributed by atoms with E-state index in [9.17, 15) is 28.0 Å². The van der Waals surface area contributed by atoms with E-state index < -0.39 is 40.4 Å². The standard InChI is InChI=1S/C20H10F3NO3/c21-11-8-14(22)17(15(23)9-11)18-16(19(25)24(27)20(18)26)13-7-3-5-10-4-1-2-6-12(10)13/h1-9,27H. The number of rotatable bonds is 2. The summed E-state index contributed by atoms with van der Waals surface area (Å²) in [5, 5.41) is 10.9. The molecule has 0 spiro atoms. The van der Waals surface area contributed by atoms with Gasteiger partial charge in [-0.25, -0.2) is 13.2 Å². The van der Waals surface area contributed by atoms with E-state index in [1.165, 1.54) is 6.07 Å². The molecule has 0 aromatic heterocycles. The van der Waals surface area contributed by atoms with Gasteiger partial charge in [0.05, 0.1) is 16.7 Å². The molecular formula is C20H10F3NO3. The molecule has 4 rings (SSSR count). The number of fused-ring (bicyclic) bond motifs is 1. The lowest BCUT2D eigenvalue weighted by Gasteiger charge is -2.09. The molecule has 1 heterocycles. The Balaban J connectivity index is 2.11. The van der Waals surface area contributed by atoms with Crippen molar-refractivity contribution in [2.24, 2.45) is 0 Å². The fourth-order valence-electron chi connectivity index (χ4n) is 3.22. The number of halogens is 3. The molecule has 3 aromatic rings.